The molecule has 0 aromatic heterocycles. The summed E-state index contributed by atoms with van der Waals surface area (Å²) in [5.74, 6) is -7.53. The summed E-state index contributed by atoms with van der Waals surface area (Å²) in [5.41, 5.74) is -0.618. The summed E-state index contributed by atoms with van der Waals surface area (Å²) in [7, 11) is -6.00. The van der Waals surface area contributed by atoms with Crippen LogP contribution in [0.1, 0.15) is 18.9 Å². The van der Waals surface area contributed by atoms with Crippen LogP contribution in [-0.4, -0.2) is 28.3 Å². The number of nitrogens with zero attached hydrogens (tertiary/aromatic N) is 2. The molecule has 126 valence electrons. The van der Waals surface area contributed by atoms with E-state index in [1.54, 1.807) is 0 Å². The molecular formula is C10H12BF7N2O2. The van der Waals surface area contributed by atoms with Gasteiger partial charge in [-0.25, -0.2) is 0 Å². The van der Waals surface area contributed by atoms with E-state index in [2.05, 4.69) is 5.28 Å². The Morgan fingerprint density at radius 3 is 1.82 bits per heavy atom. The normalized spacial score (nSPS) is 15.5. The molecule has 0 amide bonds. The van der Waals surface area contributed by atoms with Crippen molar-refractivity contribution in [1.82, 2.24) is 0 Å². The lowest BCUT2D eigenvalue weighted by Gasteiger charge is -2.23. The Bertz CT molecular complexity index is 492. The average molecular weight is 336 g/mol. The molecule has 0 fully saturated rings. The number of halogens is 7. The minimum Gasteiger partial charge on any atom is -0.418 e. The van der Waals surface area contributed by atoms with Crippen LogP contribution in [0.15, 0.2) is 35.6 Å². The van der Waals surface area contributed by atoms with Gasteiger partial charge in [-0.2, -0.15) is 13.2 Å². The van der Waals surface area contributed by atoms with Crippen molar-refractivity contribution in [3.8, 4) is 0 Å². The van der Waals surface area contributed by atoms with Gasteiger partial charge in [0.05, 0.1) is 6.42 Å². The van der Waals surface area contributed by atoms with Gasteiger partial charge in [0.25, 0.3) is 0 Å². The van der Waals surface area contributed by atoms with E-state index in [1.807, 2.05) is 0 Å². The van der Waals surface area contributed by atoms with E-state index in [-0.39, 0.29) is 0 Å². The third-order valence-electron chi connectivity index (χ3n) is 2.49. The number of hydrogen-bond donors (Lipinski definition) is 2. The molecule has 1 rings (SSSR count). The number of alkyl halides is 3. The number of hydroxylamine groups is 1. The maximum absolute atomic E-state index is 14.1. The first-order valence-corrected chi connectivity index (χ1v) is 5.73. The van der Waals surface area contributed by atoms with Gasteiger partial charge in [-0.1, -0.05) is 37.3 Å². The summed E-state index contributed by atoms with van der Waals surface area (Å²) < 4.78 is 80.8. The summed E-state index contributed by atoms with van der Waals surface area (Å²) in [6.45, 7) is 1.10. The predicted molar refractivity (Wildman–Crippen MR) is 60.9 cm³/mol. The lowest BCUT2D eigenvalue weighted by molar-refractivity contribution is -0.914. The molecule has 0 bridgehead atoms. The molecule has 22 heavy (non-hydrogen) atoms. The maximum Gasteiger partial charge on any atom is 0.673 e. The third-order valence-corrected chi connectivity index (χ3v) is 2.49. The van der Waals surface area contributed by atoms with Gasteiger partial charge in [-0.15, -0.1) is 0 Å². The zero-order valence-corrected chi connectivity index (χ0v) is 11.1. The van der Waals surface area contributed by atoms with Crippen LogP contribution in [0, 0.1) is 0 Å². The second-order valence-electron chi connectivity index (χ2n) is 3.93. The SMILES string of the molecule is CCC(F)(/[N+](O)=N/O)C(F)(F)c1ccccc1.F[B-](F)(F)F. The van der Waals surface area contributed by atoms with Gasteiger partial charge < -0.3 is 22.5 Å². The van der Waals surface area contributed by atoms with Crippen molar-refractivity contribution >= 4 is 7.25 Å². The standard InChI is InChI=1S/C10H11F3N2O2.BF4/c1-2-9(11,15(17)14-16)10(12,13)8-6-4-3-5-7-8;2-1(3,4)5/h3-7,17H,2H2,1H3;/q;-1/p+1. The molecule has 1 aromatic carbocycles. The second kappa shape index (κ2) is 7.32. The Hall–Kier alpha value is -2.01. The van der Waals surface area contributed by atoms with Crippen molar-refractivity contribution in [2.45, 2.75) is 25.1 Å². The first-order valence-electron chi connectivity index (χ1n) is 5.73. The Labute approximate surface area is 120 Å². The molecule has 0 aliphatic rings. The van der Waals surface area contributed by atoms with Crippen molar-refractivity contribution in [2.24, 2.45) is 5.28 Å². The topological polar surface area (TPSA) is 55.8 Å². The molecule has 0 aliphatic carbocycles. The molecule has 4 nitrogen and oxygen atoms in total. The fourth-order valence-corrected chi connectivity index (χ4v) is 1.43. The van der Waals surface area contributed by atoms with Crippen molar-refractivity contribution in [1.29, 1.82) is 0 Å². The maximum atomic E-state index is 14.1. The molecule has 0 saturated heterocycles. The molecular weight excluding hydrogens is 324 g/mol. The van der Waals surface area contributed by atoms with Crippen molar-refractivity contribution in [2.75, 3.05) is 0 Å². The fraction of sp³-hybridized carbons (Fsp3) is 0.400. The zero-order valence-electron chi connectivity index (χ0n) is 11.1. The largest absolute Gasteiger partial charge is 0.673 e. The van der Waals surface area contributed by atoms with E-state index in [9.17, 15) is 30.4 Å². The van der Waals surface area contributed by atoms with E-state index in [1.165, 1.54) is 18.2 Å². The van der Waals surface area contributed by atoms with Crippen molar-refractivity contribution in [3.05, 3.63) is 35.9 Å². The van der Waals surface area contributed by atoms with Crippen molar-refractivity contribution < 1.29 is 45.7 Å². The minimum absolute atomic E-state index is 0.618. The Morgan fingerprint density at radius 2 is 1.50 bits per heavy atom. The van der Waals surface area contributed by atoms with Crippen LogP contribution in [-0.2, 0) is 5.92 Å². The van der Waals surface area contributed by atoms with Crippen LogP contribution >= 0.6 is 0 Å². The quantitative estimate of drug-likeness (QED) is 0.214. The minimum atomic E-state index is -6.00. The smallest absolute Gasteiger partial charge is 0.418 e. The molecule has 0 aliphatic heterocycles. The highest BCUT2D eigenvalue weighted by Crippen LogP contribution is 2.43. The summed E-state index contributed by atoms with van der Waals surface area (Å²) in [6.07, 6.45) is -0.768. The van der Waals surface area contributed by atoms with Crippen LogP contribution in [0.5, 0.6) is 0 Å². The van der Waals surface area contributed by atoms with Gasteiger partial charge >= 0.3 is 19.0 Å². The zero-order chi connectivity index (χ0) is 17.6. The van der Waals surface area contributed by atoms with E-state index < -0.39 is 35.8 Å². The van der Waals surface area contributed by atoms with Crippen LogP contribution in [0.4, 0.5) is 30.4 Å². The highest BCUT2D eigenvalue weighted by atomic mass is 19.5. The molecule has 0 heterocycles. The van der Waals surface area contributed by atoms with Gasteiger partial charge in [0.15, 0.2) is 4.86 Å². The van der Waals surface area contributed by atoms with Crippen LogP contribution in [0.2, 0.25) is 0 Å². The lowest BCUT2D eigenvalue weighted by atomic mass is 9.97. The first kappa shape index (κ1) is 20.0. The number of benzene rings is 1. The molecule has 1 atom stereocenters. The van der Waals surface area contributed by atoms with Gasteiger partial charge in [-0.3, -0.25) is 5.21 Å². The van der Waals surface area contributed by atoms with Crippen molar-refractivity contribution in [3.63, 3.8) is 0 Å². The summed E-state index contributed by atoms with van der Waals surface area (Å²) in [5, 5.41) is 19.2. The van der Waals surface area contributed by atoms with Gasteiger partial charge in [-0.05, 0) is 0 Å². The number of rotatable bonds is 4. The molecule has 1 aromatic rings. The molecule has 2 N–H and O–H groups in total. The van der Waals surface area contributed by atoms with Crippen LogP contribution in [0.3, 0.4) is 0 Å². The Balaban J connectivity index is 0.000000763. The van der Waals surface area contributed by atoms with E-state index >= 15 is 0 Å². The molecule has 0 spiro atoms. The second-order valence-corrected chi connectivity index (χ2v) is 3.93. The number of hydrogen-bond acceptors (Lipinski definition) is 1. The van der Waals surface area contributed by atoms with Crippen LogP contribution < -0.4 is 0 Å². The van der Waals surface area contributed by atoms with E-state index in [4.69, 9.17) is 10.4 Å². The summed E-state index contributed by atoms with van der Waals surface area (Å²) in [4.78, 5) is -0.764. The molecule has 0 saturated carbocycles. The third kappa shape index (κ3) is 5.08. The molecule has 1 unspecified atom stereocenters. The monoisotopic (exact) mass is 336 g/mol. The highest BCUT2D eigenvalue weighted by molar-refractivity contribution is 6.50. The Morgan fingerprint density at radius 1 is 1.09 bits per heavy atom. The van der Waals surface area contributed by atoms with E-state index in [0.717, 1.165) is 19.1 Å². The van der Waals surface area contributed by atoms with Gasteiger partial charge in [0.1, 0.15) is 0 Å². The van der Waals surface area contributed by atoms with Crippen LogP contribution in [0.25, 0.3) is 0 Å². The molecule has 12 heteroatoms. The predicted octanol–water partition coefficient (Wildman–Crippen LogP) is 4.40. The van der Waals surface area contributed by atoms with Gasteiger partial charge in [0.2, 0.25) is 5.28 Å². The average Bonchev–Trinajstić information content (AvgIpc) is 2.44. The first-order chi connectivity index (χ1) is 9.90. The summed E-state index contributed by atoms with van der Waals surface area (Å²) >= 11 is 0. The Kier molecular flexibility index (Phi) is 6.65. The summed E-state index contributed by atoms with van der Waals surface area (Å²) in [6, 6.07) is 6.18. The van der Waals surface area contributed by atoms with E-state index in [0.29, 0.717) is 0 Å². The van der Waals surface area contributed by atoms with Gasteiger partial charge in [0, 0.05) is 5.56 Å². The fourth-order valence-electron chi connectivity index (χ4n) is 1.43. The highest BCUT2D eigenvalue weighted by Gasteiger charge is 2.67. The lowest BCUT2D eigenvalue weighted by Crippen LogP contribution is -2.49. The molecule has 0 radical (unpaired) electrons.